The van der Waals surface area contributed by atoms with Crippen LogP contribution in [-0.2, 0) is 6.54 Å². The van der Waals surface area contributed by atoms with Crippen LogP contribution in [0.1, 0.15) is 12.6 Å². The standard InChI is InChI=1S/C11H18N2O/c1-9(7-12-3)8-13-10(2)5-4-6-11(13)14/h4-6,9,12H,7-8H2,1-3H3. The van der Waals surface area contributed by atoms with Gasteiger partial charge in [0.1, 0.15) is 0 Å². The first-order valence-corrected chi connectivity index (χ1v) is 4.96. The fraction of sp³-hybridized carbons (Fsp3) is 0.545. The molecule has 0 bridgehead atoms. The lowest BCUT2D eigenvalue weighted by atomic mass is 10.1. The van der Waals surface area contributed by atoms with Crippen molar-refractivity contribution in [3.05, 3.63) is 34.2 Å². The first-order chi connectivity index (χ1) is 6.65. The number of pyridine rings is 1. The van der Waals surface area contributed by atoms with Crippen LogP contribution in [0.3, 0.4) is 0 Å². The fourth-order valence-electron chi connectivity index (χ4n) is 1.58. The number of rotatable bonds is 4. The van der Waals surface area contributed by atoms with Crippen LogP contribution >= 0.6 is 0 Å². The molecule has 0 aliphatic carbocycles. The molecule has 3 nitrogen and oxygen atoms in total. The molecule has 0 aromatic carbocycles. The van der Waals surface area contributed by atoms with Gasteiger partial charge in [-0.1, -0.05) is 13.0 Å². The minimum Gasteiger partial charge on any atom is -0.319 e. The molecule has 0 amide bonds. The largest absolute Gasteiger partial charge is 0.319 e. The summed E-state index contributed by atoms with van der Waals surface area (Å²) in [6, 6.07) is 5.38. The van der Waals surface area contributed by atoms with E-state index >= 15 is 0 Å². The molecular formula is C11H18N2O. The summed E-state index contributed by atoms with van der Waals surface area (Å²) in [5.41, 5.74) is 1.12. The normalized spacial score (nSPS) is 12.8. The highest BCUT2D eigenvalue weighted by molar-refractivity contribution is 5.04. The van der Waals surface area contributed by atoms with Gasteiger partial charge in [0.15, 0.2) is 0 Å². The van der Waals surface area contributed by atoms with E-state index in [2.05, 4.69) is 12.2 Å². The molecule has 1 N–H and O–H groups in total. The lowest BCUT2D eigenvalue weighted by Crippen LogP contribution is -2.28. The maximum Gasteiger partial charge on any atom is 0.250 e. The Labute approximate surface area is 84.8 Å². The summed E-state index contributed by atoms with van der Waals surface area (Å²) in [6.45, 7) is 5.82. The molecular weight excluding hydrogens is 176 g/mol. The van der Waals surface area contributed by atoms with Gasteiger partial charge in [-0.15, -0.1) is 0 Å². The summed E-state index contributed by atoms with van der Waals surface area (Å²) < 4.78 is 1.82. The van der Waals surface area contributed by atoms with E-state index in [0.29, 0.717) is 5.92 Å². The minimum atomic E-state index is 0.0907. The molecule has 1 heterocycles. The second-order valence-electron chi connectivity index (χ2n) is 3.78. The lowest BCUT2D eigenvalue weighted by molar-refractivity contribution is 0.449. The van der Waals surface area contributed by atoms with Crippen LogP contribution in [0.2, 0.25) is 0 Å². The topological polar surface area (TPSA) is 34.0 Å². The van der Waals surface area contributed by atoms with Gasteiger partial charge in [0.2, 0.25) is 0 Å². The Kier molecular flexibility index (Phi) is 3.89. The van der Waals surface area contributed by atoms with Crippen molar-refractivity contribution in [3.63, 3.8) is 0 Å². The molecule has 0 spiro atoms. The van der Waals surface area contributed by atoms with E-state index in [9.17, 15) is 4.79 Å². The zero-order valence-electron chi connectivity index (χ0n) is 9.08. The van der Waals surface area contributed by atoms with E-state index in [4.69, 9.17) is 0 Å². The molecule has 0 saturated carbocycles. The van der Waals surface area contributed by atoms with Crippen LogP contribution in [0.5, 0.6) is 0 Å². The van der Waals surface area contributed by atoms with Crippen LogP contribution in [0.4, 0.5) is 0 Å². The third kappa shape index (κ3) is 2.70. The Morgan fingerprint density at radius 1 is 1.50 bits per heavy atom. The van der Waals surface area contributed by atoms with Gasteiger partial charge in [0.25, 0.3) is 5.56 Å². The Morgan fingerprint density at radius 2 is 2.21 bits per heavy atom. The molecule has 1 atom stereocenters. The zero-order valence-corrected chi connectivity index (χ0v) is 9.08. The van der Waals surface area contributed by atoms with Crippen LogP contribution < -0.4 is 10.9 Å². The zero-order chi connectivity index (χ0) is 10.6. The summed E-state index contributed by atoms with van der Waals surface area (Å²) in [4.78, 5) is 11.5. The van der Waals surface area contributed by atoms with Crippen LogP contribution in [0, 0.1) is 12.8 Å². The quantitative estimate of drug-likeness (QED) is 0.776. The van der Waals surface area contributed by atoms with E-state index in [1.54, 1.807) is 12.1 Å². The summed E-state index contributed by atoms with van der Waals surface area (Å²) in [6.07, 6.45) is 0. The predicted octanol–water partition coefficient (Wildman–Crippen LogP) is 1.01. The van der Waals surface area contributed by atoms with E-state index in [0.717, 1.165) is 18.8 Å². The van der Waals surface area contributed by atoms with Crippen LogP contribution in [0.15, 0.2) is 23.0 Å². The number of aryl methyl sites for hydroxylation is 1. The molecule has 0 saturated heterocycles. The SMILES string of the molecule is CNCC(C)Cn1c(C)cccc1=O. The highest BCUT2D eigenvalue weighted by Gasteiger charge is 2.04. The molecule has 0 aliphatic heterocycles. The van der Waals surface area contributed by atoms with Crippen molar-refractivity contribution < 1.29 is 0 Å². The Balaban J connectivity index is 2.80. The fourth-order valence-corrected chi connectivity index (χ4v) is 1.58. The Bertz CT molecular complexity index is 343. The second kappa shape index (κ2) is 4.96. The number of hydrogen-bond donors (Lipinski definition) is 1. The maximum absolute atomic E-state index is 11.5. The average molecular weight is 194 g/mol. The minimum absolute atomic E-state index is 0.0907. The smallest absolute Gasteiger partial charge is 0.250 e. The molecule has 0 aliphatic rings. The molecule has 0 fully saturated rings. The number of hydrogen-bond acceptors (Lipinski definition) is 2. The van der Waals surface area contributed by atoms with E-state index in [1.165, 1.54) is 0 Å². The van der Waals surface area contributed by atoms with Gasteiger partial charge >= 0.3 is 0 Å². The summed E-state index contributed by atoms with van der Waals surface area (Å²) in [5.74, 6) is 0.471. The van der Waals surface area contributed by atoms with Gasteiger partial charge in [-0.05, 0) is 32.5 Å². The first kappa shape index (κ1) is 11.0. The lowest BCUT2D eigenvalue weighted by Gasteiger charge is -2.14. The summed E-state index contributed by atoms with van der Waals surface area (Å²) >= 11 is 0. The molecule has 3 heteroatoms. The molecule has 1 aromatic heterocycles. The van der Waals surface area contributed by atoms with Gasteiger partial charge < -0.3 is 9.88 Å². The third-order valence-electron chi connectivity index (χ3n) is 2.31. The van der Waals surface area contributed by atoms with Crippen molar-refractivity contribution in [3.8, 4) is 0 Å². The molecule has 1 rings (SSSR count). The predicted molar refractivity (Wildman–Crippen MR) is 58.5 cm³/mol. The van der Waals surface area contributed by atoms with Crippen molar-refractivity contribution in [1.82, 2.24) is 9.88 Å². The molecule has 78 valence electrons. The van der Waals surface area contributed by atoms with Crippen molar-refractivity contribution in [2.75, 3.05) is 13.6 Å². The van der Waals surface area contributed by atoms with Gasteiger partial charge in [0, 0.05) is 18.3 Å². The number of nitrogens with zero attached hydrogens (tertiary/aromatic N) is 1. The van der Waals surface area contributed by atoms with E-state index in [-0.39, 0.29) is 5.56 Å². The Morgan fingerprint density at radius 3 is 2.79 bits per heavy atom. The average Bonchev–Trinajstić information content (AvgIpc) is 2.12. The van der Waals surface area contributed by atoms with Crippen molar-refractivity contribution >= 4 is 0 Å². The molecule has 1 unspecified atom stereocenters. The van der Waals surface area contributed by atoms with Crippen molar-refractivity contribution in [2.24, 2.45) is 5.92 Å². The van der Waals surface area contributed by atoms with Crippen molar-refractivity contribution in [1.29, 1.82) is 0 Å². The van der Waals surface area contributed by atoms with Gasteiger partial charge in [-0.2, -0.15) is 0 Å². The maximum atomic E-state index is 11.5. The Hall–Kier alpha value is -1.09. The monoisotopic (exact) mass is 194 g/mol. The number of aromatic nitrogens is 1. The first-order valence-electron chi connectivity index (χ1n) is 4.96. The third-order valence-corrected chi connectivity index (χ3v) is 2.31. The van der Waals surface area contributed by atoms with Crippen LogP contribution in [-0.4, -0.2) is 18.2 Å². The van der Waals surface area contributed by atoms with Gasteiger partial charge in [-0.3, -0.25) is 4.79 Å². The van der Waals surface area contributed by atoms with Gasteiger partial charge in [0.05, 0.1) is 0 Å². The summed E-state index contributed by atoms with van der Waals surface area (Å²) in [7, 11) is 1.93. The highest BCUT2D eigenvalue weighted by Crippen LogP contribution is 2.00. The molecule has 1 aromatic rings. The van der Waals surface area contributed by atoms with Gasteiger partial charge in [-0.25, -0.2) is 0 Å². The van der Waals surface area contributed by atoms with E-state index in [1.807, 2.05) is 24.6 Å². The van der Waals surface area contributed by atoms with Crippen LogP contribution in [0.25, 0.3) is 0 Å². The van der Waals surface area contributed by atoms with E-state index < -0.39 is 0 Å². The summed E-state index contributed by atoms with van der Waals surface area (Å²) in [5, 5.41) is 3.11. The molecule has 0 radical (unpaired) electrons. The number of nitrogens with one attached hydrogen (secondary N) is 1. The van der Waals surface area contributed by atoms with Crippen molar-refractivity contribution in [2.45, 2.75) is 20.4 Å². The second-order valence-corrected chi connectivity index (χ2v) is 3.78. The highest BCUT2D eigenvalue weighted by atomic mass is 16.1. The molecule has 14 heavy (non-hydrogen) atoms.